The van der Waals surface area contributed by atoms with Crippen LogP contribution in [0.4, 0.5) is 0 Å². The molecule has 1 rings (SSSR count). The van der Waals surface area contributed by atoms with E-state index in [0.29, 0.717) is 0 Å². The average molecular weight is 188 g/mol. The molecule has 0 radical (unpaired) electrons. The minimum absolute atomic E-state index is 0.239. The van der Waals surface area contributed by atoms with Gasteiger partial charge >= 0.3 is 5.97 Å². The maximum Gasteiger partial charge on any atom is 0.316 e. The second-order valence-corrected chi connectivity index (χ2v) is 3.69. The van der Waals surface area contributed by atoms with Crippen LogP contribution in [0.5, 0.6) is 0 Å². The van der Waals surface area contributed by atoms with E-state index in [2.05, 4.69) is 10.2 Å². The number of aromatic nitrogens is 2. The van der Waals surface area contributed by atoms with Crippen molar-refractivity contribution in [2.75, 3.05) is 5.75 Å². The maximum absolute atomic E-state index is 11.0. The Kier molecular flexibility index (Phi) is 2.98. The Morgan fingerprint density at radius 1 is 1.75 bits per heavy atom. The van der Waals surface area contributed by atoms with Gasteiger partial charge in [0, 0.05) is 22.6 Å². The number of hydrogen-bond donors (Lipinski definition) is 2. The van der Waals surface area contributed by atoms with Gasteiger partial charge in [0.15, 0.2) is 0 Å². The first kappa shape index (κ1) is 8.92. The molecule has 1 heterocycles. The molecule has 1 atom stereocenters. The molecular formula is C6H8N2O3S. The van der Waals surface area contributed by atoms with Crippen LogP contribution in [0.25, 0.3) is 0 Å². The monoisotopic (exact) mass is 188 g/mol. The molecule has 66 valence electrons. The fourth-order valence-electron chi connectivity index (χ4n) is 0.731. The zero-order valence-corrected chi connectivity index (χ0v) is 7.00. The first-order valence-corrected chi connectivity index (χ1v) is 4.71. The number of rotatable bonds is 4. The number of carbonyl (C=O) groups is 1. The topological polar surface area (TPSA) is 83.0 Å². The van der Waals surface area contributed by atoms with Crippen LogP contribution in [-0.4, -0.2) is 31.2 Å². The number of aliphatic carboxylic acids is 1. The highest BCUT2D eigenvalue weighted by Crippen LogP contribution is 1.99. The SMILES string of the molecule is O=C(O)CS(=O)Cc1cn[nH]c1. The number of nitrogens with one attached hydrogen (secondary N) is 1. The number of hydrogen-bond acceptors (Lipinski definition) is 3. The van der Waals surface area contributed by atoms with Gasteiger partial charge in [0.05, 0.1) is 11.9 Å². The summed E-state index contributed by atoms with van der Waals surface area (Å²) in [6.07, 6.45) is 3.12. The standard InChI is InChI=1S/C6H8N2O3S/c9-6(10)4-12(11)3-5-1-7-8-2-5/h1-2H,3-4H2,(H,7,8)(H,9,10). The van der Waals surface area contributed by atoms with E-state index in [-0.39, 0.29) is 11.5 Å². The number of carboxylic acids is 1. The second-order valence-electron chi connectivity index (χ2n) is 2.23. The van der Waals surface area contributed by atoms with Crippen LogP contribution in [0.3, 0.4) is 0 Å². The minimum Gasteiger partial charge on any atom is -0.481 e. The first-order valence-electron chi connectivity index (χ1n) is 3.23. The summed E-state index contributed by atoms with van der Waals surface area (Å²) in [6.45, 7) is 0. The predicted molar refractivity (Wildman–Crippen MR) is 42.9 cm³/mol. The van der Waals surface area contributed by atoms with Gasteiger partial charge in [-0.2, -0.15) is 5.10 Å². The summed E-state index contributed by atoms with van der Waals surface area (Å²) in [5.74, 6) is -1.12. The quantitative estimate of drug-likeness (QED) is 0.682. The Morgan fingerprint density at radius 2 is 2.50 bits per heavy atom. The van der Waals surface area contributed by atoms with Crippen LogP contribution in [-0.2, 0) is 21.3 Å². The Morgan fingerprint density at radius 3 is 3.00 bits per heavy atom. The lowest BCUT2D eigenvalue weighted by atomic mass is 10.4. The summed E-state index contributed by atoms with van der Waals surface area (Å²) < 4.78 is 11.0. The number of H-pyrrole nitrogens is 1. The third-order valence-corrected chi connectivity index (χ3v) is 2.39. The van der Waals surface area contributed by atoms with Crippen LogP contribution < -0.4 is 0 Å². The summed E-state index contributed by atoms with van der Waals surface area (Å²) in [5.41, 5.74) is 0.759. The van der Waals surface area contributed by atoms with Gasteiger partial charge in [-0.1, -0.05) is 0 Å². The molecule has 6 heteroatoms. The Hall–Kier alpha value is -1.17. The van der Waals surface area contributed by atoms with E-state index < -0.39 is 16.8 Å². The molecule has 1 aromatic rings. The van der Waals surface area contributed by atoms with E-state index in [4.69, 9.17) is 5.11 Å². The highest BCUT2D eigenvalue weighted by Gasteiger charge is 2.06. The fourth-order valence-corrected chi connectivity index (χ4v) is 1.64. The first-order chi connectivity index (χ1) is 5.68. The second kappa shape index (κ2) is 4.01. The lowest BCUT2D eigenvalue weighted by Gasteiger charge is -1.94. The van der Waals surface area contributed by atoms with Crippen molar-refractivity contribution in [3.63, 3.8) is 0 Å². The molecule has 0 saturated heterocycles. The largest absolute Gasteiger partial charge is 0.481 e. The van der Waals surface area contributed by atoms with Crippen molar-refractivity contribution in [1.82, 2.24) is 10.2 Å². The van der Waals surface area contributed by atoms with Crippen molar-refractivity contribution in [2.24, 2.45) is 0 Å². The summed E-state index contributed by atoms with van der Waals surface area (Å²) in [5, 5.41) is 14.5. The van der Waals surface area contributed by atoms with Gasteiger partial charge < -0.3 is 5.11 Å². The molecule has 0 amide bonds. The van der Waals surface area contributed by atoms with Gasteiger partial charge in [-0.15, -0.1) is 0 Å². The molecule has 0 aliphatic heterocycles. The maximum atomic E-state index is 11.0. The molecule has 0 spiro atoms. The van der Waals surface area contributed by atoms with Crippen molar-refractivity contribution >= 4 is 16.8 Å². The van der Waals surface area contributed by atoms with Crippen molar-refractivity contribution < 1.29 is 14.1 Å². The van der Waals surface area contributed by atoms with E-state index in [1.807, 2.05) is 0 Å². The summed E-state index contributed by atoms with van der Waals surface area (Å²) in [4.78, 5) is 10.1. The average Bonchev–Trinajstić information content (AvgIpc) is 2.37. The van der Waals surface area contributed by atoms with Gasteiger partial charge in [-0.25, -0.2) is 0 Å². The van der Waals surface area contributed by atoms with E-state index in [9.17, 15) is 9.00 Å². The summed E-state index contributed by atoms with van der Waals surface area (Å²) in [7, 11) is -1.34. The summed E-state index contributed by atoms with van der Waals surface area (Å²) in [6, 6.07) is 0. The van der Waals surface area contributed by atoms with Gasteiger partial charge in [0.2, 0.25) is 0 Å². The Labute approximate surface area is 71.3 Å². The normalized spacial score (nSPS) is 12.7. The van der Waals surface area contributed by atoms with Gasteiger partial charge in [-0.3, -0.25) is 14.1 Å². The molecule has 5 nitrogen and oxygen atoms in total. The van der Waals surface area contributed by atoms with Crippen molar-refractivity contribution in [3.8, 4) is 0 Å². The van der Waals surface area contributed by atoms with Crippen molar-refractivity contribution in [2.45, 2.75) is 5.75 Å². The van der Waals surface area contributed by atoms with Crippen LogP contribution in [0.15, 0.2) is 12.4 Å². The lowest BCUT2D eigenvalue weighted by Crippen LogP contribution is -2.10. The highest BCUT2D eigenvalue weighted by atomic mass is 32.2. The van der Waals surface area contributed by atoms with Crippen LogP contribution in [0, 0.1) is 0 Å². The third kappa shape index (κ3) is 2.83. The van der Waals surface area contributed by atoms with Crippen LogP contribution in [0.2, 0.25) is 0 Å². The molecule has 1 aromatic heterocycles. The van der Waals surface area contributed by atoms with Gasteiger partial charge in [0.1, 0.15) is 5.75 Å². The van der Waals surface area contributed by atoms with Crippen molar-refractivity contribution in [3.05, 3.63) is 18.0 Å². The van der Waals surface area contributed by atoms with E-state index in [0.717, 1.165) is 5.56 Å². The number of carboxylic acid groups (broad SMARTS) is 1. The lowest BCUT2D eigenvalue weighted by molar-refractivity contribution is -0.133. The fraction of sp³-hybridized carbons (Fsp3) is 0.333. The molecule has 0 saturated carbocycles. The molecule has 1 unspecified atom stereocenters. The van der Waals surface area contributed by atoms with Crippen molar-refractivity contribution in [1.29, 1.82) is 0 Å². The molecule has 0 aliphatic rings. The number of aromatic amines is 1. The number of nitrogens with zero attached hydrogens (tertiary/aromatic N) is 1. The molecule has 0 aliphatic carbocycles. The van der Waals surface area contributed by atoms with E-state index in [1.54, 1.807) is 6.20 Å². The Balaban J connectivity index is 2.42. The zero-order chi connectivity index (χ0) is 8.97. The molecule has 12 heavy (non-hydrogen) atoms. The molecule has 0 aromatic carbocycles. The van der Waals surface area contributed by atoms with Gasteiger partial charge in [0.25, 0.3) is 0 Å². The molecule has 2 N–H and O–H groups in total. The molecular weight excluding hydrogens is 180 g/mol. The highest BCUT2D eigenvalue weighted by molar-refractivity contribution is 7.84. The zero-order valence-electron chi connectivity index (χ0n) is 6.19. The van der Waals surface area contributed by atoms with Crippen LogP contribution in [0.1, 0.15) is 5.56 Å². The Bertz CT molecular complexity index is 283. The smallest absolute Gasteiger partial charge is 0.316 e. The third-order valence-electron chi connectivity index (χ3n) is 1.17. The van der Waals surface area contributed by atoms with Gasteiger partial charge in [-0.05, 0) is 0 Å². The van der Waals surface area contributed by atoms with Crippen LogP contribution >= 0.6 is 0 Å². The predicted octanol–water partition coefficient (Wildman–Crippen LogP) is -0.257. The summed E-state index contributed by atoms with van der Waals surface area (Å²) >= 11 is 0. The van der Waals surface area contributed by atoms with E-state index >= 15 is 0 Å². The van der Waals surface area contributed by atoms with E-state index in [1.165, 1.54) is 6.20 Å². The minimum atomic E-state index is -1.34. The molecule has 0 bridgehead atoms. The molecule has 0 fully saturated rings.